The van der Waals surface area contributed by atoms with Crippen molar-refractivity contribution >= 4 is 0 Å². The molecule has 1 aromatic rings. The summed E-state index contributed by atoms with van der Waals surface area (Å²) in [5.41, 5.74) is 0.195. The Balaban J connectivity index is 2.53. The second kappa shape index (κ2) is 7.52. The lowest BCUT2D eigenvalue weighted by atomic mass is 9.78. The van der Waals surface area contributed by atoms with Gasteiger partial charge in [-0.15, -0.1) is 0 Å². The van der Waals surface area contributed by atoms with Gasteiger partial charge in [-0.1, -0.05) is 64.5 Å². The summed E-state index contributed by atoms with van der Waals surface area (Å²) in [6, 6.07) is 2.04. The highest BCUT2D eigenvalue weighted by atomic mass is 16.5. The molecule has 2 nitrogen and oxygen atoms in total. The fourth-order valence-corrected chi connectivity index (χ4v) is 2.41. The van der Waals surface area contributed by atoms with Crippen molar-refractivity contribution in [3.63, 3.8) is 0 Å². The number of hydrogen-bond acceptors (Lipinski definition) is 2. The van der Waals surface area contributed by atoms with E-state index in [1.54, 1.807) is 6.20 Å². The molecular weight excluding hydrogens is 210 g/mol. The topological polar surface area (TPSA) is 26.0 Å². The van der Waals surface area contributed by atoms with E-state index in [0.717, 1.165) is 5.76 Å². The second-order valence-electron chi connectivity index (χ2n) is 5.35. The van der Waals surface area contributed by atoms with Crippen LogP contribution in [0.1, 0.15) is 77.9 Å². The molecule has 0 amide bonds. The maximum atomic E-state index is 5.40. The van der Waals surface area contributed by atoms with E-state index in [1.807, 2.05) is 6.07 Å². The Bertz CT molecular complexity index is 281. The highest BCUT2D eigenvalue weighted by Crippen LogP contribution is 2.34. The van der Waals surface area contributed by atoms with Crippen molar-refractivity contribution in [2.45, 2.75) is 77.6 Å². The molecule has 0 aliphatic heterocycles. The predicted octanol–water partition coefficient (Wildman–Crippen LogP) is 5.09. The van der Waals surface area contributed by atoms with Gasteiger partial charge in [0.1, 0.15) is 5.76 Å². The number of rotatable bonds is 9. The van der Waals surface area contributed by atoms with E-state index in [1.165, 1.54) is 51.4 Å². The molecule has 1 heterocycles. The monoisotopic (exact) mass is 237 g/mol. The van der Waals surface area contributed by atoms with Crippen LogP contribution in [0.3, 0.4) is 0 Å². The Hall–Kier alpha value is -0.790. The first-order valence-electron chi connectivity index (χ1n) is 7.14. The minimum atomic E-state index is 0.195. The summed E-state index contributed by atoms with van der Waals surface area (Å²) in [4.78, 5) is 0. The number of nitrogens with zero attached hydrogens (tertiary/aromatic N) is 1. The van der Waals surface area contributed by atoms with E-state index in [-0.39, 0.29) is 5.41 Å². The van der Waals surface area contributed by atoms with E-state index in [4.69, 9.17) is 4.52 Å². The zero-order valence-corrected chi connectivity index (χ0v) is 11.7. The highest BCUT2D eigenvalue weighted by Gasteiger charge is 2.28. The molecule has 98 valence electrons. The molecule has 2 heteroatoms. The van der Waals surface area contributed by atoms with E-state index < -0.39 is 0 Å². The lowest BCUT2D eigenvalue weighted by Gasteiger charge is -2.26. The third kappa shape index (κ3) is 4.53. The van der Waals surface area contributed by atoms with Gasteiger partial charge in [-0.25, -0.2) is 0 Å². The van der Waals surface area contributed by atoms with Gasteiger partial charge in [-0.05, 0) is 12.8 Å². The molecule has 0 N–H and O–H groups in total. The molecule has 0 saturated carbocycles. The first-order chi connectivity index (χ1) is 8.23. The fraction of sp³-hybridized carbons (Fsp3) is 0.800. The Morgan fingerprint density at radius 2 is 1.76 bits per heavy atom. The molecule has 0 fully saturated rings. The van der Waals surface area contributed by atoms with Crippen molar-refractivity contribution in [2.75, 3.05) is 0 Å². The van der Waals surface area contributed by atoms with Crippen LogP contribution < -0.4 is 0 Å². The van der Waals surface area contributed by atoms with Crippen LogP contribution >= 0.6 is 0 Å². The third-order valence-corrected chi connectivity index (χ3v) is 3.70. The van der Waals surface area contributed by atoms with Gasteiger partial charge >= 0.3 is 0 Å². The summed E-state index contributed by atoms with van der Waals surface area (Å²) in [6.45, 7) is 6.83. The quantitative estimate of drug-likeness (QED) is 0.559. The van der Waals surface area contributed by atoms with Gasteiger partial charge in [0.15, 0.2) is 0 Å². The Labute approximate surface area is 106 Å². The summed E-state index contributed by atoms with van der Waals surface area (Å²) in [5.74, 6) is 1.07. The van der Waals surface area contributed by atoms with Crippen LogP contribution in [-0.2, 0) is 5.41 Å². The van der Waals surface area contributed by atoms with Crippen molar-refractivity contribution in [3.05, 3.63) is 18.0 Å². The molecule has 1 atom stereocenters. The van der Waals surface area contributed by atoms with Gasteiger partial charge in [-0.2, -0.15) is 0 Å². The zero-order valence-electron chi connectivity index (χ0n) is 11.7. The lowest BCUT2D eigenvalue weighted by Crippen LogP contribution is -2.21. The van der Waals surface area contributed by atoms with E-state index in [9.17, 15) is 0 Å². The van der Waals surface area contributed by atoms with Crippen LogP contribution in [0.4, 0.5) is 0 Å². The van der Waals surface area contributed by atoms with Gasteiger partial charge in [0.25, 0.3) is 0 Å². The molecule has 1 rings (SSSR count). The minimum absolute atomic E-state index is 0.195. The molecule has 0 aliphatic carbocycles. The molecule has 0 spiro atoms. The molecule has 17 heavy (non-hydrogen) atoms. The van der Waals surface area contributed by atoms with Crippen molar-refractivity contribution in [1.29, 1.82) is 0 Å². The molecular formula is C15H27NO. The van der Waals surface area contributed by atoms with E-state index in [0.29, 0.717) is 0 Å². The van der Waals surface area contributed by atoms with E-state index in [2.05, 4.69) is 25.9 Å². The molecule has 0 saturated heterocycles. The first kappa shape index (κ1) is 14.3. The Kier molecular flexibility index (Phi) is 6.31. The number of hydrogen-bond donors (Lipinski definition) is 0. The van der Waals surface area contributed by atoms with Crippen LogP contribution in [0.25, 0.3) is 0 Å². The highest BCUT2D eigenvalue weighted by molar-refractivity contribution is 5.09. The van der Waals surface area contributed by atoms with Gasteiger partial charge < -0.3 is 4.52 Å². The zero-order chi connectivity index (χ0) is 12.6. The maximum absolute atomic E-state index is 5.40. The maximum Gasteiger partial charge on any atom is 0.142 e. The van der Waals surface area contributed by atoms with Crippen LogP contribution in [0.15, 0.2) is 16.8 Å². The van der Waals surface area contributed by atoms with Crippen LogP contribution in [0, 0.1) is 0 Å². The SMILES string of the molecule is CCCCCCC(C)(CCCC)c1ccno1. The smallest absolute Gasteiger partial charge is 0.142 e. The average Bonchev–Trinajstić information content (AvgIpc) is 2.86. The average molecular weight is 237 g/mol. The van der Waals surface area contributed by atoms with Crippen molar-refractivity contribution in [2.24, 2.45) is 0 Å². The van der Waals surface area contributed by atoms with Crippen molar-refractivity contribution in [1.82, 2.24) is 5.16 Å². The van der Waals surface area contributed by atoms with Crippen molar-refractivity contribution < 1.29 is 4.52 Å². The van der Waals surface area contributed by atoms with Gasteiger partial charge in [0.2, 0.25) is 0 Å². The van der Waals surface area contributed by atoms with Gasteiger partial charge in [0, 0.05) is 11.5 Å². The van der Waals surface area contributed by atoms with Crippen LogP contribution in [0.2, 0.25) is 0 Å². The summed E-state index contributed by atoms with van der Waals surface area (Å²) in [6.07, 6.45) is 12.0. The Morgan fingerprint density at radius 3 is 2.35 bits per heavy atom. The largest absolute Gasteiger partial charge is 0.361 e. The molecule has 0 bridgehead atoms. The van der Waals surface area contributed by atoms with Crippen molar-refractivity contribution in [3.8, 4) is 0 Å². The summed E-state index contributed by atoms with van der Waals surface area (Å²) in [7, 11) is 0. The van der Waals surface area contributed by atoms with Gasteiger partial charge in [-0.3, -0.25) is 0 Å². The van der Waals surface area contributed by atoms with Gasteiger partial charge in [0.05, 0.1) is 6.20 Å². The van der Waals surface area contributed by atoms with Crippen LogP contribution in [0.5, 0.6) is 0 Å². The normalized spacial score (nSPS) is 14.8. The second-order valence-corrected chi connectivity index (χ2v) is 5.35. The fourth-order valence-electron chi connectivity index (χ4n) is 2.41. The van der Waals surface area contributed by atoms with E-state index >= 15 is 0 Å². The molecule has 0 aliphatic rings. The lowest BCUT2D eigenvalue weighted by molar-refractivity contribution is 0.265. The molecule has 0 aromatic carbocycles. The first-order valence-corrected chi connectivity index (χ1v) is 7.14. The molecule has 1 aromatic heterocycles. The number of unbranched alkanes of at least 4 members (excludes halogenated alkanes) is 4. The standard InChI is InChI=1S/C15H27NO/c1-4-6-8-9-12-15(3,11-7-5-2)14-10-13-16-17-14/h10,13H,4-9,11-12H2,1-3H3. The summed E-state index contributed by atoms with van der Waals surface area (Å²) < 4.78 is 5.40. The minimum Gasteiger partial charge on any atom is -0.361 e. The Morgan fingerprint density at radius 1 is 1.06 bits per heavy atom. The molecule has 0 radical (unpaired) electrons. The van der Waals surface area contributed by atoms with Crippen LogP contribution in [-0.4, -0.2) is 5.16 Å². The molecule has 1 unspecified atom stereocenters. The summed E-state index contributed by atoms with van der Waals surface area (Å²) in [5, 5.41) is 3.87. The number of aromatic nitrogens is 1. The third-order valence-electron chi connectivity index (χ3n) is 3.70. The predicted molar refractivity (Wildman–Crippen MR) is 72.1 cm³/mol. The summed E-state index contributed by atoms with van der Waals surface area (Å²) >= 11 is 0.